The number of hydrogen-bond donors (Lipinski definition) is 2. The summed E-state index contributed by atoms with van der Waals surface area (Å²) in [6.07, 6.45) is 5.72. The lowest BCUT2D eigenvalue weighted by atomic mass is 10.0. The van der Waals surface area contributed by atoms with Gasteiger partial charge in [-0.15, -0.1) is 0 Å². The van der Waals surface area contributed by atoms with Gasteiger partial charge in [-0.2, -0.15) is 0 Å². The summed E-state index contributed by atoms with van der Waals surface area (Å²) in [5, 5.41) is 0. The van der Waals surface area contributed by atoms with Crippen LogP contribution in [-0.2, 0) is 18.2 Å². The fourth-order valence-electron chi connectivity index (χ4n) is 3.10. The molecule has 1 aromatic carbocycles. The van der Waals surface area contributed by atoms with E-state index in [1.807, 2.05) is 12.1 Å². The van der Waals surface area contributed by atoms with E-state index < -0.39 is 0 Å². The first kappa shape index (κ1) is 14.5. The van der Waals surface area contributed by atoms with Crippen molar-refractivity contribution in [3.63, 3.8) is 0 Å². The van der Waals surface area contributed by atoms with E-state index in [0.717, 1.165) is 37.2 Å². The number of ether oxygens (including phenoxy) is 1. The van der Waals surface area contributed by atoms with Gasteiger partial charge in [0.25, 0.3) is 0 Å². The smallest absolute Gasteiger partial charge is 0.111 e. The van der Waals surface area contributed by atoms with Crippen molar-refractivity contribution in [3.05, 3.63) is 30.1 Å². The van der Waals surface area contributed by atoms with Crippen molar-refractivity contribution in [1.29, 1.82) is 0 Å². The third-order valence-electron chi connectivity index (χ3n) is 4.41. The normalized spacial score (nSPS) is 20.2. The van der Waals surface area contributed by atoms with Crippen LogP contribution in [0.1, 0.15) is 31.5 Å². The minimum atomic E-state index is 0.240. The molecule has 0 spiro atoms. The van der Waals surface area contributed by atoms with E-state index in [1.54, 1.807) is 0 Å². The van der Waals surface area contributed by atoms with Gasteiger partial charge < -0.3 is 9.30 Å². The monoisotopic (exact) mass is 288 g/mol. The summed E-state index contributed by atoms with van der Waals surface area (Å²) in [5.74, 6) is 6.80. The maximum atomic E-state index is 5.72. The second-order valence-corrected chi connectivity index (χ2v) is 5.86. The largest absolute Gasteiger partial charge is 0.378 e. The molecule has 0 bridgehead atoms. The van der Waals surface area contributed by atoms with Gasteiger partial charge in [0.15, 0.2) is 0 Å². The summed E-state index contributed by atoms with van der Waals surface area (Å²) in [6.45, 7) is 0.913. The Morgan fingerprint density at radius 2 is 2.33 bits per heavy atom. The SMILES string of the molecule is Cn1c(CC(CCC2CCCO2)NN)nc2ccccc21. The lowest BCUT2D eigenvalue weighted by Gasteiger charge is -2.17. The van der Waals surface area contributed by atoms with E-state index >= 15 is 0 Å². The Morgan fingerprint density at radius 3 is 3.05 bits per heavy atom. The molecule has 1 aliphatic heterocycles. The van der Waals surface area contributed by atoms with Crippen LogP contribution in [0.2, 0.25) is 0 Å². The van der Waals surface area contributed by atoms with Crippen molar-refractivity contribution in [2.75, 3.05) is 6.61 Å². The standard InChI is InChI=1S/C16H24N4O/c1-20-15-7-3-2-6-14(15)18-16(20)11-12(19-17)8-9-13-5-4-10-21-13/h2-3,6-7,12-13,19H,4-5,8-11,17H2,1H3. The zero-order valence-electron chi connectivity index (χ0n) is 12.6. The summed E-state index contributed by atoms with van der Waals surface area (Å²) in [4.78, 5) is 4.72. The van der Waals surface area contributed by atoms with Crippen LogP contribution >= 0.6 is 0 Å². The van der Waals surface area contributed by atoms with Crippen LogP contribution < -0.4 is 11.3 Å². The number of rotatable bonds is 6. The molecule has 2 heterocycles. The molecule has 21 heavy (non-hydrogen) atoms. The van der Waals surface area contributed by atoms with Crippen molar-refractivity contribution < 1.29 is 4.74 Å². The topological polar surface area (TPSA) is 65.1 Å². The van der Waals surface area contributed by atoms with Gasteiger partial charge in [0.05, 0.1) is 17.1 Å². The molecular formula is C16H24N4O. The van der Waals surface area contributed by atoms with Crippen molar-refractivity contribution in [3.8, 4) is 0 Å². The van der Waals surface area contributed by atoms with Gasteiger partial charge >= 0.3 is 0 Å². The fourth-order valence-corrected chi connectivity index (χ4v) is 3.10. The highest BCUT2D eigenvalue weighted by atomic mass is 16.5. The molecule has 2 atom stereocenters. The number of benzene rings is 1. The maximum Gasteiger partial charge on any atom is 0.111 e. The van der Waals surface area contributed by atoms with Crippen LogP contribution in [0.4, 0.5) is 0 Å². The van der Waals surface area contributed by atoms with E-state index in [-0.39, 0.29) is 6.04 Å². The Bertz CT molecular complexity index is 589. The van der Waals surface area contributed by atoms with E-state index in [4.69, 9.17) is 15.6 Å². The Kier molecular flexibility index (Phi) is 4.53. The Morgan fingerprint density at radius 1 is 1.48 bits per heavy atom. The zero-order valence-corrected chi connectivity index (χ0v) is 12.6. The summed E-state index contributed by atoms with van der Waals surface area (Å²) in [7, 11) is 2.07. The molecule has 2 aromatic rings. The maximum absolute atomic E-state index is 5.72. The third kappa shape index (κ3) is 3.26. The molecule has 0 radical (unpaired) electrons. The van der Waals surface area contributed by atoms with Gasteiger partial charge in [-0.05, 0) is 37.8 Å². The van der Waals surface area contributed by atoms with Crippen LogP contribution in [0.15, 0.2) is 24.3 Å². The zero-order chi connectivity index (χ0) is 14.7. The number of nitrogens with two attached hydrogens (primary N) is 1. The molecule has 3 rings (SSSR count). The number of nitrogens with zero attached hydrogens (tertiary/aromatic N) is 2. The van der Waals surface area contributed by atoms with Gasteiger partial charge in [0.1, 0.15) is 5.82 Å². The molecule has 114 valence electrons. The average molecular weight is 288 g/mol. The van der Waals surface area contributed by atoms with Crippen LogP contribution in [0, 0.1) is 0 Å². The molecule has 0 saturated carbocycles. The average Bonchev–Trinajstić information content (AvgIpc) is 3.13. The molecular weight excluding hydrogens is 264 g/mol. The molecule has 5 heteroatoms. The highest BCUT2D eigenvalue weighted by Gasteiger charge is 2.19. The van der Waals surface area contributed by atoms with Crippen LogP contribution in [0.25, 0.3) is 11.0 Å². The highest BCUT2D eigenvalue weighted by Crippen LogP contribution is 2.20. The van der Waals surface area contributed by atoms with E-state index in [9.17, 15) is 0 Å². The highest BCUT2D eigenvalue weighted by molar-refractivity contribution is 5.75. The number of fused-ring (bicyclic) bond motifs is 1. The molecule has 1 saturated heterocycles. The molecule has 0 amide bonds. The lowest BCUT2D eigenvalue weighted by molar-refractivity contribution is 0.0995. The third-order valence-corrected chi connectivity index (χ3v) is 4.41. The first-order valence-electron chi connectivity index (χ1n) is 7.76. The molecule has 2 unspecified atom stereocenters. The molecule has 1 aliphatic rings. The van der Waals surface area contributed by atoms with E-state index in [1.165, 1.54) is 18.4 Å². The van der Waals surface area contributed by atoms with Gasteiger partial charge in [-0.3, -0.25) is 11.3 Å². The number of para-hydroxylation sites is 2. The number of aromatic nitrogens is 2. The number of nitrogens with one attached hydrogen (secondary N) is 1. The van der Waals surface area contributed by atoms with Gasteiger partial charge in [-0.25, -0.2) is 4.98 Å². The Hall–Kier alpha value is -1.43. The quantitative estimate of drug-likeness (QED) is 0.629. The molecule has 1 fully saturated rings. The molecule has 3 N–H and O–H groups in total. The Labute approximate surface area is 125 Å². The predicted molar refractivity (Wildman–Crippen MR) is 83.7 cm³/mol. The first-order chi connectivity index (χ1) is 10.3. The summed E-state index contributed by atoms with van der Waals surface area (Å²) in [5.41, 5.74) is 5.15. The van der Waals surface area contributed by atoms with Crippen molar-refractivity contribution in [2.24, 2.45) is 12.9 Å². The molecule has 1 aromatic heterocycles. The second kappa shape index (κ2) is 6.56. The number of aryl methyl sites for hydroxylation is 1. The van der Waals surface area contributed by atoms with Gasteiger partial charge in [0.2, 0.25) is 0 Å². The summed E-state index contributed by atoms with van der Waals surface area (Å²) < 4.78 is 7.84. The minimum absolute atomic E-state index is 0.240. The lowest BCUT2D eigenvalue weighted by Crippen LogP contribution is -2.38. The first-order valence-corrected chi connectivity index (χ1v) is 7.76. The van der Waals surface area contributed by atoms with Gasteiger partial charge in [-0.1, -0.05) is 12.1 Å². The van der Waals surface area contributed by atoms with Crippen LogP contribution in [0.5, 0.6) is 0 Å². The van der Waals surface area contributed by atoms with Crippen LogP contribution in [-0.4, -0.2) is 28.3 Å². The summed E-state index contributed by atoms with van der Waals surface area (Å²) in [6, 6.07) is 8.46. The Balaban J connectivity index is 1.65. The van der Waals surface area contributed by atoms with Crippen molar-refractivity contribution in [2.45, 2.75) is 44.2 Å². The number of imidazole rings is 1. The minimum Gasteiger partial charge on any atom is -0.378 e. The summed E-state index contributed by atoms with van der Waals surface area (Å²) >= 11 is 0. The number of hydrogen-bond acceptors (Lipinski definition) is 4. The van der Waals surface area contributed by atoms with E-state index in [0.29, 0.717) is 6.10 Å². The predicted octanol–water partition coefficient (Wildman–Crippen LogP) is 1.91. The van der Waals surface area contributed by atoms with Crippen LogP contribution in [0.3, 0.4) is 0 Å². The molecule has 0 aliphatic carbocycles. The van der Waals surface area contributed by atoms with Crippen molar-refractivity contribution in [1.82, 2.24) is 15.0 Å². The van der Waals surface area contributed by atoms with Crippen molar-refractivity contribution >= 4 is 11.0 Å². The molecule has 5 nitrogen and oxygen atoms in total. The fraction of sp³-hybridized carbons (Fsp3) is 0.562. The second-order valence-electron chi connectivity index (χ2n) is 5.86. The number of hydrazine groups is 1. The van der Waals surface area contributed by atoms with Gasteiger partial charge in [0, 0.05) is 26.1 Å². The van der Waals surface area contributed by atoms with E-state index in [2.05, 4.69) is 29.2 Å².